The number of likely N-dealkylation sites (N-methyl/N-ethyl adjacent to an activating group) is 2. The highest BCUT2D eigenvalue weighted by molar-refractivity contribution is 5.78. The van der Waals surface area contributed by atoms with Crippen LogP contribution in [0, 0.1) is 13.8 Å². The van der Waals surface area contributed by atoms with Gasteiger partial charge in [0.15, 0.2) is 0 Å². The average Bonchev–Trinajstić information content (AvgIpc) is 2.29. The predicted octanol–water partition coefficient (Wildman–Crippen LogP) is 1.91. The maximum absolute atomic E-state index is 5.71. The van der Waals surface area contributed by atoms with Crippen molar-refractivity contribution in [3.8, 4) is 0 Å². The van der Waals surface area contributed by atoms with E-state index in [1.807, 2.05) is 0 Å². The maximum atomic E-state index is 5.71. The van der Waals surface area contributed by atoms with Crippen LogP contribution in [0.25, 0.3) is 0 Å². The van der Waals surface area contributed by atoms with Gasteiger partial charge < -0.3 is 15.5 Å². The summed E-state index contributed by atoms with van der Waals surface area (Å²) in [6, 6.07) is 4.97. The molecule has 1 heterocycles. The van der Waals surface area contributed by atoms with Gasteiger partial charge in [0, 0.05) is 26.7 Å². The second-order valence-electron chi connectivity index (χ2n) is 5.10. The molecule has 0 aliphatic carbocycles. The van der Waals surface area contributed by atoms with Gasteiger partial charge in [0.05, 0.1) is 11.4 Å². The van der Waals surface area contributed by atoms with Crippen LogP contribution in [-0.4, -0.2) is 33.2 Å². The lowest BCUT2D eigenvalue weighted by Crippen LogP contribution is -2.47. The molecule has 1 aliphatic rings. The van der Waals surface area contributed by atoms with Crippen LogP contribution >= 0.6 is 0 Å². The van der Waals surface area contributed by atoms with Crippen molar-refractivity contribution in [3.63, 3.8) is 0 Å². The first-order valence-electron chi connectivity index (χ1n) is 6.30. The molecule has 0 saturated heterocycles. The first-order chi connectivity index (χ1) is 8.06. The maximum Gasteiger partial charge on any atom is 0.0636 e. The van der Waals surface area contributed by atoms with E-state index in [-0.39, 0.29) is 0 Å². The number of aryl methyl sites for hydroxylation is 1. The van der Waals surface area contributed by atoms with E-state index in [4.69, 9.17) is 5.73 Å². The highest BCUT2D eigenvalue weighted by Crippen LogP contribution is 2.38. The van der Waals surface area contributed by atoms with Crippen LogP contribution in [0.4, 0.5) is 11.4 Å². The fraction of sp³-hybridized carbons (Fsp3) is 0.571. The molecule has 94 valence electrons. The molecule has 0 spiro atoms. The third-order valence-electron chi connectivity index (χ3n) is 3.98. The highest BCUT2D eigenvalue weighted by Gasteiger charge is 2.27. The van der Waals surface area contributed by atoms with E-state index in [1.165, 1.54) is 22.5 Å². The zero-order valence-corrected chi connectivity index (χ0v) is 11.3. The van der Waals surface area contributed by atoms with Gasteiger partial charge in [-0.25, -0.2) is 0 Å². The molecule has 3 nitrogen and oxygen atoms in total. The Hall–Kier alpha value is -1.22. The summed E-state index contributed by atoms with van der Waals surface area (Å²) in [5, 5.41) is 0. The monoisotopic (exact) mass is 233 g/mol. The van der Waals surface area contributed by atoms with Crippen LogP contribution in [0.15, 0.2) is 12.1 Å². The number of anilines is 2. The third kappa shape index (κ3) is 2.00. The van der Waals surface area contributed by atoms with Crippen LogP contribution < -0.4 is 15.5 Å². The van der Waals surface area contributed by atoms with Crippen molar-refractivity contribution in [1.82, 2.24) is 0 Å². The summed E-state index contributed by atoms with van der Waals surface area (Å²) in [6.45, 7) is 6.20. The predicted molar refractivity (Wildman–Crippen MR) is 75.0 cm³/mol. The molecule has 1 aromatic rings. The smallest absolute Gasteiger partial charge is 0.0636 e. The van der Waals surface area contributed by atoms with E-state index < -0.39 is 0 Å². The first-order valence-corrected chi connectivity index (χ1v) is 6.30. The minimum Gasteiger partial charge on any atom is -0.371 e. The molecule has 0 radical (unpaired) electrons. The van der Waals surface area contributed by atoms with Crippen molar-refractivity contribution < 1.29 is 0 Å². The zero-order chi connectivity index (χ0) is 12.6. The average molecular weight is 233 g/mol. The molecule has 1 aliphatic heterocycles. The molecule has 3 heteroatoms. The number of benzene rings is 1. The molecule has 17 heavy (non-hydrogen) atoms. The summed E-state index contributed by atoms with van der Waals surface area (Å²) < 4.78 is 0. The Morgan fingerprint density at radius 2 is 2.00 bits per heavy atom. The third-order valence-corrected chi connectivity index (χ3v) is 3.98. The Labute approximate surface area is 104 Å². The second-order valence-corrected chi connectivity index (χ2v) is 5.10. The molecule has 0 amide bonds. The molecular weight excluding hydrogens is 210 g/mol. The molecule has 0 aromatic heterocycles. The van der Waals surface area contributed by atoms with E-state index in [0.29, 0.717) is 6.04 Å². The number of hydrogen-bond acceptors (Lipinski definition) is 3. The van der Waals surface area contributed by atoms with Gasteiger partial charge in [-0.15, -0.1) is 0 Å². The normalized spacial score (nSPS) is 19.5. The summed E-state index contributed by atoms with van der Waals surface area (Å²) in [5.74, 6) is 0. The van der Waals surface area contributed by atoms with E-state index in [9.17, 15) is 0 Å². The lowest BCUT2D eigenvalue weighted by atomic mass is 9.99. The van der Waals surface area contributed by atoms with E-state index in [2.05, 4.69) is 49.9 Å². The molecule has 0 bridgehead atoms. The van der Waals surface area contributed by atoms with Crippen molar-refractivity contribution in [2.75, 3.05) is 37.0 Å². The van der Waals surface area contributed by atoms with Gasteiger partial charge in [-0.2, -0.15) is 0 Å². The molecule has 1 aromatic carbocycles. The summed E-state index contributed by atoms with van der Waals surface area (Å²) in [6.07, 6.45) is 1.05. The fourth-order valence-electron chi connectivity index (χ4n) is 2.74. The highest BCUT2D eigenvalue weighted by atomic mass is 15.3. The largest absolute Gasteiger partial charge is 0.371 e. The van der Waals surface area contributed by atoms with Crippen molar-refractivity contribution in [3.05, 3.63) is 23.3 Å². The van der Waals surface area contributed by atoms with Gasteiger partial charge in [0.25, 0.3) is 0 Å². The van der Waals surface area contributed by atoms with Gasteiger partial charge in [0.1, 0.15) is 0 Å². The van der Waals surface area contributed by atoms with Crippen LogP contribution in [0.1, 0.15) is 17.5 Å². The summed E-state index contributed by atoms with van der Waals surface area (Å²) in [7, 11) is 4.36. The van der Waals surface area contributed by atoms with Crippen molar-refractivity contribution >= 4 is 11.4 Å². The Kier molecular flexibility index (Phi) is 3.29. The van der Waals surface area contributed by atoms with Gasteiger partial charge in [-0.3, -0.25) is 0 Å². The molecule has 0 fully saturated rings. The Bertz CT molecular complexity index is 414. The molecule has 2 rings (SSSR count). The van der Waals surface area contributed by atoms with Crippen LogP contribution in [0.5, 0.6) is 0 Å². The molecule has 1 atom stereocenters. The summed E-state index contributed by atoms with van der Waals surface area (Å²) in [4.78, 5) is 4.76. The van der Waals surface area contributed by atoms with E-state index >= 15 is 0 Å². The quantitative estimate of drug-likeness (QED) is 0.847. The number of nitrogens with two attached hydrogens (primary N) is 1. The minimum atomic E-state index is 0.526. The van der Waals surface area contributed by atoms with Gasteiger partial charge >= 0.3 is 0 Å². The SMILES string of the molecule is Cc1ccc2c(c1C)N(C)C(CCN)CN2C. The van der Waals surface area contributed by atoms with E-state index in [1.54, 1.807) is 0 Å². The van der Waals surface area contributed by atoms with Crippen LogP contribution in [0.2, 0.25) is 0 Å². The Morgan fingerprint density at radius 3 is 2.65 bits per heavy atom. The first kappa shape index (κ1) is 12.2. The lowest BCUT2D eigenvalue weighted by molar-refractivity contribution is 0.565. The summed E-state index contributed by atoms with van der Waals surface area (Å²) >= 11 is 0. The van der Waals surface area contributed by atoms with Crippen LogP contribution in [0.3, 0.4) is 0 Å². The Morgan fingerprint density at radius 1 is 1.29 bits per heavy atom. The number of fused-ring (bicyclic) bond motifs is 1. The number of nitrogens with zero attached hydrogens (tertiary/aromatic N) is 2. The molecular formula is C14H23N3. The molecule has 0 saturated carbocycles. The van der Waals surface area contributed by atoms with Gasteiger partial charge in [-0.05, 0) is 44.0 Å². The molecule has 1 unspecified atom stereocenters. The lowest BCUT2D eigenvalue weighted by Gasteiger charge is -2.42. The summed E-state index contributed by atoms with van der Waals surface area (Å²) in [5.41, 5.74) is 11.2. The fourth-order valence-corrected chi connectivity index (χ4v) is 2.74. The zero-order valence-electron chi connectivity index (χ0n) is 11.3. The van der Waals surface area contributed by atoms with Crippen molar-refractivity contribution in [1.29, 1.82) is 0 Å². The second kappa shape index (κ2) is 4.57. The van der Waals surface area contributed by atoms with Crippen molar-refractivity contribution in [2.45, 2.75) is 26.3 Å². The van der Waals surface area contributed by atoms with E-state index in [0.717, 1.165) is 19.5 Å². The van der Waals surface area contributed by atoms with Gasteiger partial charge in [0.2, 0.25) is 0 Å². The Balaban J connectivity index is 2.46. The van der Waals surface area contributed by atoms with Crippen LogP contribution in [-0.2, 0) is 0 Å². The number of rotatable bonds is 2. The van der Waals surface area contributed by atoms with Gasteiger partial charge in [-0.1, -0.05) is 6.07 Å². The topological polar surface area (TPSA) is 32.5 Å². The minimum absolute atomic E-state index is 0.526. The number of hydrogen-bond donors (Lipinski definition) is 1. The standard InChI is InChI=1S/C14H23N3/c1-10-5-6-13-14(11(10)2)17(4)12(7-8-15)9-16(13)3/h5-6,12H,7-9,15H2,1-4H3. The van der Waals surface area contributed by atoms with Crippen molar-refractivity contribution in [2.24, 2.45) is 5.73 Å². The molecule has 2 N–H and O–H groups in total.